The first-order valence-electron chi connectivity index (χ1n) is 9.17. The Hall–Kier alpha value is -2.52. The number of Topliss-reactive ketones (excluding diaryl/α,β-unsaturated/α-hetero) is 1. The van der Waals surface area contributed by atoms with Crippen LogP contribution in [-0.2, 0) is 26.2 Å². The van der Waals surface area contributed by atoms with Gasteiger partial charge in [0.15, 0.2) is 5.78 Å². The summed E-state index contributed by atoms with van der Waals surface area (Å²) in [6.45, 7) is -0.931. The summed E-state index contributed by atoms with van der Waals surface area (Å²) in [5, 5.41) is 38.9. The maximum atomic E-state index is 13.0. The van der Waals surface area contributed by atoms with Crippen molar-refractivity contribution in [3.8, 4) is 11.1 Å². The molecule has 1 heterocycles. The van der Waals surface area contributed by atoms with Gasteiger partial charge in [0.25, 0.3) is 0 Å². The molecule has 3 rings (SSSR count). The number of hydrogen-bond donors (Lipinski definition) is 6. The Labute approximate surface area is 161 Å². The minimum absolute atomic E-state index is 0.0915. The standard InChI is InChI=1S/C20H24N2O6/c21-6-5-15-16(12-4-3-11(7-23)13(8-24)14(12)9-25)17(18(22-15)20(27)28)19(26)10-1-2-10/h3-4,10,22-25H,1-2,5-9,21H2,(H,27,28). The molecule has 0 bridgehead atoms. The molecule has 2 aromatic rings. The van der Waals surface area contributed by atoms with E-state index in [1.165, 1.54) is 0 Å². The third-order valence-corrected chi connectivity index (χ3v) is 5.16. The second-order valence-corrected chi connectivity index (χ2v) is 6.91. The van der Waals surface area contributed by atoms with Gasteiger partial charge in [-0.25, -0.2) is 4.79 Å². The van der Waals surface area contributed by atoms with E-state index in [0.717, 1.165) is 0 Å². The lowest BCUT2D eigenvalue weighted by Gasteiger charge is -2.17. The number of benzene rings is 1. The highest BCUT2D eigenvalue weighted by molar-refractivity contribution is 6.12. The van der Waals surface area contributed by atoms with Crippen molar-refractivity contribution in [1.29, 1.82) is 0 Å². The number of ketones is 1. The number of carboxylic acids is 1. The van der Waals surface area contributed by atoms with Gasteiger partial charge in [-0.1, -0.05) is 12.1 Å². The summed E-state index contributed by atoms with van der Waals surface area (Å²) in [7, 11) is 0. The number of hydrogen-bond acceptors (Lipinski definition) is 6. The van der Waals surface area contributed by atoms with E-state index in [2.05, 4.69) is 4.98 Å². The maximum Gasteiger partial charge on any atom is 0.353 e. The number of carboxylic acid groups (broad SMARTS) is 1. The van der Waals surface area contributed by atoms with Gasteiger partial charge >= 0.3 is 5.97 Å². The number of H-pyrrole nitrogens is 1. The highest BCUT2D eigenvalue weighted by atomic mass is 16.4. The van der Waals surface area contributed by atoms with Gasteiger partial charge < -0.3 is 31.1 Å². The molecule has 0 unspecified atom stereocenters. The molecule has 1 aliphatic rings. The Balaban J connectivity index is 2.34. The first-order chi connectivity index (χ1) is 13.5. The van der Waals surface area contributed by atoms with Crippen LogP contribution >= 0.6 is 0 Å². The summed E-state index contributed by atoms with van der Waals surface area (Å²) in [4.78, 5) is 27.6. The SMILES string of the molecule is NCCc1[nH]c(C(=O)O)c(C(=O)C2CC2)c1-c1ccc(CO)c(CO)c1CO. The van der Waals surface area contributed by atoms with Crippen molar-refractivity contribution >= 4 is 11.8 Å². The molecular formula is C20H24N2O6. The van der Waals surface area contributed by atoms with Crippen molar-refractivity contribution in [2.45, 2.75) is 39.1 Å². The third kappa shape index (κ3) is 3.47. The van der Waals surface area contributed by atoms with E-state index >= 15 is 0 Å². The van der Waals surface area contributed by atoms with E-state index in [1.807, 2.05) is 0 Å². The smallest absolute Gasteiger partial charge is 0.353 e. The van der Waals surface area contributed by atoms with Gasteiger partial charge in [0, 0.05) is 23.6 Å². The predicted molar refractivity (Wildman–Crippen MR) is 101 cm³/mol. The molecule has 1 aromatic carbocycles. The number of aromatic amines is 1. The molecule has 0 atom stereocenters. The molecule has 8 nitrogen and oxygen atoms in total. The fourth-order valence-corrected chi connectivity index (χ4v) is 3.64. The Kier molecular flexibility index (Phi) is 5.95. The minimum Gasteiger partial charge on any atom is -0.477 e. The lowest BCUT2D eigenvalue weighted by Crippen LogP contribution is -2.11. The fourth-order valence-electron chi connectivity index (χ4n) is 3.64. The molecule has 1 fully saturated rings. The molecule has 150 valence electrons. The minimum atomic E-state index is -1.24. The van der Waals surface area contributed by atoms with E-state index in [9.17, 15) is 30.0 Å². The first kappa shape index (κ1) is 20.2. The molecule has 0 saturated heterocycles. The van der Waals surface area contributed by atoms with Gasteiger partial charge in [0.2, 0.25) is 0 Å². The zero-order valence-corrected chi connectivity index (χ0v) is 15.4. The number of aromatic nitrogens is 1. The molecule has 0 aliphatic heterocycles. The van der Waals surface area contributed by atoms with Gasteiger partial charge in [-0.3, -0.25) is 4.79 Å². The van der Waals surface area contributed by atoms with Gasteiger partial charge in [0.1, 0.15) is 5.69 Å². The molecule has 0 spiro atoms. The lowest BCUT2D eigenvalue weighted by atomic mass is 9.88. The average molecular weight is 388 g/mol. The number of aromatic carboxylic acids is 1. The molecule has 0 radical (unpaired) electrons. The van der Waals surface area contributed by atoms with Crippen molar-refractivity contribution in [3.05, 3.63) is 45.8 Å². The maximum absolute atomic E-state index is 13.0. The van der Waals surface area contributed by atoms with Crippen LogP contribution in [0.4, 0.5) is 0 Å². The molecule has 28 heavy (non-hydrogen) atoms. The van der Waals surface area contributed by atoms with Gasteiger partial charge in [-0.05, 0) is 41.6 Å². The first-order valence-corrected chi connectivity index (χ1v) is 9.17. The summed E-state index contributed by atoms with van der Waals surface area (Å²) < 4.78 is 0. The van der Waals surface area contributed by atoms with Crippen LogP contribution in [0.15, 0.2) is 12.1 Å². The van der Waals surface area contributed by atoms with Gasteiger partial charge in [0.05, 0.1) is 25.4 Å². The van der Waals surface area contributed by atoms with Crippen LogP contribution in [0.1, 0.15) is 56.1 Å². The summed E-state index contributed by atoms with van der Waals surface area (Å²) in [6.07, 6.45) is 1.74. The Bertz CT molecular complexity index is 914. The largest absolute Gasteiger partial charge is 0.477 e. The number of carbonyl (C=O) groups is 2. The summed E-state index contributed by atoms with van der Waals surface area (Å²) in [6, 6.07) is 3.24. The number of aliphatic hydroxyl groups excluding tert-OH is 3. The summed E-state index contributed by atoms with van der Waals surface area (Å²) in [5.74, 6) is -1.69. The van der Waals surface area contributed by atoms with Crippen LogP contribution in [0, 0.1) is 5.92 Å². The lowest BCUT2D eigenvalue weighted by molar-refractivity contribution is 0.0685. The Morgan fingerprint density at radius 2 is 1.75 bits per heavy atom. The van der Waals surface area contributed by atoms with Crippen LogP contribution in [0.3, 0.4) is 0 Å². The van der Waals surface area contributed by atoms with Crippen molar-refractivity contribution in [2.24, 2.45) is 11.7 Å². The van der Waals surface area contributed by atoms with E-state index in [4.69, 9.17) is 5.73 Å². The molecule has 1 aromatic heterocycles. The topological polar surface area (TPSA) is 157 Å². The zero-order valence-electron chi connectivity index (χ0n) is 15.4. The van der Waals surface area contributed by atoms with Gasteiger partial charge in [-0.2, -0.15) is 0 Å². The quantitative estimate of drug-likeness (QED) is 0.349. The Morgan fingerprint density at radius 1 is 1.07 bits per heavy atom. The van der Waals surface area contributed by atoms with Crippen LogP contribution in [-0.4, -0.2) is 43.7 Å². The van der Waals surface area contributed by atoms with Crippen LogP contribution in [0.25, 0.3) is 11.1 Å². The van der Waals surface area contributed by atoms with Gasteiger partial charge in [-0.15, -0.1) is 0 Å². The highest BCUT2D eigenvalue weighted by Crippen LogP contribution is 2.41. The molecule has 1 saturated carbocycles. The number of nitrogens with two attached hydrogens (primary N) is 1. The van der Waals surface area contributed by atoms with E-state index in [0.29, 0.717) is 52.8 Å². The highest BCUT2D eigenvalue weighted by Gasteiger charge is 2.37. The van der Waals surface area contributed by atoms with Crippen molar-refractivity contribution in [1.82, 2.24) is 4.98 Å². The average Bonchev–Trinajstić information content (AvgIpc) is 3.47. The predicted octanol–water partition coefficient (Wildman–Crippen LogP) is 0.951. The number of nitrogens with one attached hydrogen (secondary N) is 1. The van der Waals surface area contributed by atoms with E-state index < -0.39 is 19.2 Å². The number of rotatable bonds is 9. The Morgan fingerprint density at radius 3 is 2.25 bits per heavy atom. The monoisotopic (exact) mass is 388 g/mol. The van der Waals surface area contributed by atoms with Crippen molar-refractivity contribution < 1.29 is 30.0 Å². The number of aliphatic hydroxyl groups is 3. The van der Waals surface area contributed by atoms with Crippen LogP contribution in [0.2, 0.25) is 0 Å². The van der Waals surface area contributed by atoms with E-state index in [1.54, 1.807) is 12.1 Å². The molecule has 1 aliphatic carbocycles. The second kappa shape index (κ2) is 8.24. The number of carbonyl (C=O) groups excluding carboxylic acids is 1. The van der Waals surface area contributed by atoms with Crippen molar-refractivity contribution in [2.75, 3.05) is 6.54 Å². The summed E-state index contributed by atoms with van der Waals surface area (Å²) >= 11 is 0. The molecule has 7 N–H and O–H groups in total. The summed E-state index contributed by atoms with van der Waals surface area (Å²) in [5.41, 5.74) is 8.14. The van der Waals surface area contributed by atoms with Crippen molar-refractivity contribution in [3.63, 3.8) is 0 Å². The fraction of sp³-hybridized carbons (Fsp3) is 0.400. The molecule has 0 amide bonds. The third-order valence-electron chi connectivity index (χ3n) is 5.16. The normalized spacial score (nSPS) is 13.7. The zero-order chi connectivity index (χ0) is 20.4. The second-order valence-electron chi connectivity index (χ2n) is 6.91. The van der Waals surface area contributed by atoms with Crippen LogP contribution < -0.4 is 5.73 Å². The molecular weight excluding hydrogens is 364 g/mol. The van der Waals surface area contributed by atoms with Crippen LogP contribution in [0.5, 0.6) is 0 Å². The molecule has 8 heteroatoms. The van der Waals surface area contributed by atoms with E-state index in [-0.39, 0.29) is 36.1 Å².